The number of methoxy groups -OCH3 is 1. The van der Waals surface area contributed by atoms with Crippen LogP contribution in [0.2, 0.25) is 0 Å². The van der Waals surface area contributed by atoms with Gasteiger partial charge in [-0.3, -0.25) is 0 Å². The molecular weight excluding hydrogens is 256 g/mol. The smallest absolute Gasteiger partial charge is 0.341 e. The average Bonchev–Trinajstić information content (AvgIpc) is 2.36. The van der Waals surface area contributed by atoms with E-state index in [-0.39, 0.29) is 17.1 Å². The topological polar surface area (TPSA) is 69.7 Å². The maximum atomic E-state index is 11.6. The van der Waals surface area contributed by atoms with Crippen LogP contribution >= 0.6 is 0 Å². The fourth-order valence-electron chi connectivity index (χ4n) is 1.32. The molecule has 1 aromatic carbocycles. The Morgan fingerprint density at radius 2 is 1.94 bits per heavy atom. The maximum Gasteiger partial charge on any atom is 0.341 e. The van der Waals surface area contributed by atoms with Crippen molar-refractivity contribution in [1.82, 2.24) is 0 Å². The van der Waals surface area contributed by atoms with Crippen molar-refractivity contribution in [3.63, 3.8) is 0 Å². The van der Waals surface area contributed by atoms with Crippen molar-refractivity contribution >= 4 is 16.1 Å². The molecule has 100 valence electrons. The maximum absolute atomic E-state index is 11.6. The van der Waals surface area contributed by atoms with Gasteiger partial charge in [0.1, 0.15) is 5.56 Å². The van der Waals surface area contributed by atoms with Crippen molar-refractivity contribution in [1.29, 1.82) is 0 Å². The fraction of sp³-hybridized carbons (Fsp3) is 0.417. The highest BCUT2D eigenvalue weighted by Gasteiger charge is 2.18. The lowest BCUT2D eigenvalue weighted by atomic mass is 10.2. The first-order chi connectivity index (χ1) is 8.50. The van der Waals surface area contributed by atoms with E-state index in [0.29, 0.717) is 6.42 Å². The number of hydrogen-bond donors (Lipinski definition) is 0. The van der Waals surface area contributed by atoms with Crippen molar-refractivity contribution in [3.8, 4) is 5.75 Å². The summed E-state index contributed by atoms with van der Waals surface area (Å²) in [5.41, 5.74) is 0.0973. The van der Waals surface area contributed by atoms with Gasteiger partial charge in [0.05, 0.1) is 12.9 Å². The molecule has 0 bridgehead atoms. The lowest BCUT2D eigenvalue weighted by molar-refractivity contribution is 0.0599. The van der Waals surface area contributed by atoms with Gasteiger partial charge in [0.25, 0.3) is 0 Å². The van der Waals surface area contributed by atoms with E-state index in [1.165, 1.54) is 19.2 Å². The second-order valence-electron chi connectivity index (χ2n) is 3.69. The van der Waals surface area contributed by atoms with Crippen LogP contribution in [-0.2, 0) is 14.9 Å². The Morgan fingerprint density at radius 3 is 2.56 bits per heavy atom. The molecule has 18 heavy (non-hydrogen) atoms. The molecule has 0 spiro atoms. The lowest BCUT2D eigenvalue weighted by Crippen LogP contribution is -2.16. The van der Waals surface area contributed by atoms with Gasteiger partial charge in [-0.2, -0.15) is 8.42 Å². The molecule has 0 N–H and O–H groups in total. The number of carbonyl (C=O) groups excluding carboxylic acids is 1. The zero-order valence-electron chi connectivity index (χ0n) is 10.4. The zero-order valence-corrected chi connectivity index (χ0v) is 11.2. The number of rotatable bonds is 6. The summed E-state index contributed by atoms with van der Waals surface area (Å²) < 4.78 is 32.8. The van der Waals surface area contributed by atoms with E-state index in [9.17, 15) is 13.2 Å². The molecule has 1 rings (SSSR count). The number of ether oxygens (including phenoxy) is 1. The van der Waals surface area contributed by atoms with E-state index < -0.39 is 16.1 Å². The van der Waals surface area contributed by atoms with Gasteiger partial charge in [0.15, 0.2) is 5.75 Å². The molecule has 0 saturated carbocycles. The molecule has 0 fully saturated rings. The van der Waals surface area contributed by atoms with Gasteiger partial charge in [-0.05, 0) is 18.6 Å². The highest BCUT2D eigenvalue weighted by molar-refractivity contribution is 7.87. The lowest BCUT2D eigenvalue weighted by Gasteiger charge is -2.09. The Labute approximate surface area is 107 Å². The van der Waals surface area contributed by atoms with E-state index in [1.54, 1.807) is 12.1 Å². The van der Waals surface area contributed by atoms with Crippen LogP contribution in [0.15, 0.2) is 24.3 Å². The minimum absolute atomic E-state index is 0.000420. The second kappa shape index (κ2) is 6.39. The van der Waals surface area contributed by atoms with Crippen LogP contribution in [0.5, 0.6) is 5.75 Å². The van der Waals surface area contributed by atoms with Crippen LogP contribution in [0, 0.1) is 0 Å². The minimum atomic E-state index is -3.67. The third-order valence-electron chi connectivity index (χ3n) is 2.26. The normalized spacial score (nSPS) is 11.0. The summed E-state index contributed by atoms with van der Waals surface area (Å²) >= 11 is 0. The molecule has 0 aliphatic carbocycles. The first-order valence-electron chi connectivity index (χ1n) is 5.59. The van der Waals surface area contributed by atoms with Gasteiger partial charge in [-0.1, -0.05) is 25.5 Å². The Morgan fingerprint density at radius 1 is 1.28 bits per heavy atom. The number of unbranched alkanes of at least 4 members (excludes halogenated alkanes) is 1. The highest BCUT2D eigenvalue weighted by Crippen LogP contribution is 2.21. The van der Waals surface area contributed by atoms with Crippen molar-refractivity contribution in [2.75, 3.05) is 12.9 Å². The molecule has 0 heterocycles. The molecule has 5 nitrogen and oxygen atoms in total. The predicted molar refractivity (Wildman–Crippen MR) is 67.1 cm³/mol. The van der Waals surface area contributed by atoms with Gasteiger partial charge in [-0.25, -0.2) is 4.79 Å². The Balaban J connectivity index is 2.94. The molecule has 0 aliphatic rings. The van der Waals surface area contributed by atoms with Crippen LogP contribution < -0.4 is 4.18 Å². The standard InChI is InChI=1S/C12H16O5S/c1-3-4-9-18(14,15)17-11-8-6-5-7-10(11)12(13)16-2/h5-8H,3-4,9H2,1-2H3. The summed E-state index contributed by atoms with van der Waals surface area (Å²) in [6.45, 7) is 1.89. The van der Waals surface area contributed by atoms with Crippen LogP contribution in [0.3, 0.4) is 0 Å². The van der Waals surface area contributed by atoms with E-state index in [2.05, 4.69) is 4.74 Å². The summed E-state index contributed by atoms with van der Waals surface area (Å²) in [5, 5.41) is 0. The van der Waals surface area contributed by atoms with Crippen molar-refractivity contribution in [2.24, 2.45) is 0 Å². The van der Waals surface area contributed by atoms with Crippen LogP contribution in [0.4, 0.5) is 0 Å². The van der Waals surface area contributed by atoms with E-state index in [4.69, 9.17) is 4.18 Å². The van der Waals surface area contributed by atoms with Gasteiger partial charge < -0.3 is 8.92 Å². The van der Waals surface area contributed by atoms with Crippen LogP contribution in [0.25, 0.3) is 0 Å². The number of carbonyl (C=O) groups is 1. The zero-order chi connectivity index (χ0) is 13.6. The Kier molecular flexibility index (Phi) is 5.15. The quantitative estimate of drug-likeness (QED) is 0.585. The number of para-hydroxylation sites is 1. The largest absolute Gasteiger partial charge is 0.465 e. The van der Waals surface area contributed by atoms with Gasteiger partial charge in [0, 0.05) is 0 Å². The van der Waals surface area contributed by atoms with Crippen LogP contribution in [-0.4, -0.2) is 27.2 Å². The summed E-state index contributed by atoms with van der Waals surface area (Å²) in [4.78, 5) is 11.4. The van der Waals surface area contributed by atoms with Crippen LogP contribution in [0.1, 0.15) is 30.1 Å². The second-order valence-corrected chi connectivity index (χ2v) is 5.38. The molecule has 0 saturated heterocycles. The van der Waals surface area contributed by atoms with Gasteiger partial charge in [0.2, 0.25) is 0 Å². The summed E-state index contributed by atoms with van der Waals surface area (Å²) in [6.07, 6.45) is 1.27. The van der Waals surface area contributed by atoms with E-state index in [1.807, 2.05) is 6.92 Å². The highest BCUT2D eigenvalue weighted by atomic mass is 32.2. The molecule has 0 amide bonds. The molecule has 1 aromatic rings. The first kappa shape index (κ1) is 14.5. The number of hydrogen-bond acceptors (Lipinski definition) is 5. The molecular formula is C12H16O5S. The number of esters is 1. The molecule has 0 radical (unpaired) electrons. The molecule has 0 aliphatic heterocycles. The minimum Gasteiger partial charge on any atom is -0.465 e. The number of benzene rings is 1. The Bertz CT molecular complexity index is 507. The third-order valence-corrected chi connectivity index (χ3v) is 3.48. The monoisotopic (exact) mass is 272 g/mol. The summed E-state index contributed by atoms with van der Waals surface area (Å²) in [7, 11) is -2.44. The molecule has 0 aromatic heterocycles. The van der Waals surface area contributed by atoms with Crippen molar-refractivity contribution < 1.29 is 22.1 Å². The predicted octanol–water partition coefficient (Wildman–Crippen LogP) is 1.98. The molecule has 0 unspecified atom stereocenters. The molecule has 0 atom stereocenters. The Hall–Kier alpha value is -1.56. The first-order valence-corrected chi connectivity index (χ1v) is 7.17. The van der Waals surface area contributed by atoms with Gasteiger partial charge >= 0.3 is 16.1 Å². The van der Waals surface area contributed by atoms with E-state index in [0.717, 1.165) is 6.42 Å². The van der Waals surface area contributed by atoms with E-state index >= 15 is 0 Å². The van der Waals surface area contributed by atoms with Crippen molar-refractivity contribution in [3.05, 3.63) is 29.8 Å². The average molecular weight is 272 g/mol. The fourth-order valence-corrected chi connectivity index (χ4v) is 2.46. The summed E-state index contributed by atoms with van der Waals surface area (Å²) in [5.74, 6) is -0.698. The van der Waals surface area contributed by atoms with Gasteiger partial charge in [-0.15, -0.1) is 0 Å². The third kappa shape index (κ3) is 4.03. The molecule has 6 heteroatoms. The SMILES string of the molecule is CCCCS(=O)(=O)Oc1ccccc1C(=O)OC. The summed E-state index contributed by atoms with van der Waals surface area (Å²) in [6, 6.07) is 6.08. The van der Waals surface area contributed by atoms with Crippen molar-refractivity contribution in [2.45, 2.75) is 19.8 Å².